The monoisotopic (exact) mass is 319 g/mol. The second-order valence-electron chi connectivity index (χ2n) is 4.90. The molecule has 0 radical (unpaired) electrons. The Morgan fingerprint density at radius 1 is 1.32 bits per heavy atom. The number of nitrogens with zero attached hydrogens (tertiary/aromatic N) is 2. The average molecular weight is 319 g/mol. The van der Waals surface area contributed by atoms with Gasteiger partial charge in [0.2, 0.25) is 5.88 Å². The first kappa shape index (κ1) is 14.3. The van der Waals surface area contributed by atoms with Crippen LogP contribution in [-0.2, 0) is 13.0 Å². The van der Waals surface area contributed by atoms with E-state index in [0.717, 1.165) is 16.2 Å². The number of amides is 2. The zero-order valence-corrected chi connectivity index (χ0v) is 12.3. The molecule has 0 atom stereocenters. The topological polar surface area (TPSA) is 117 Å². The Labute approximate surface area is 129 Å². The number of rotatable bonds is 2. The van der Waals surface area contributed by atoms with Gasteiger partial charge >= 0.3 is 0 Å². The average Bonchev–Trinajstić information content (AvgIpc) is 2.83. The van der Waals surface area contributed by atoms with Gasteiger partial charge in [-0.1, -0.05) is 6.07 Å². The number of thiophene rings is 1. The van der Waals surface area contributed by atoms with Crippen LogP contribution in [0.4, 0.5) is 0 Å². The molecule has 7 nitrogen and oxygen atoms in total. The van der Waals surface area contributed by atoms with Gasteiger partial charge in [-0.25, -0.2) is 4.98 Å². The van der Waals surface area contributed by atoms with Crippen molar-refractivity contribution in [1.82, 2.24) is 9.88 Å². The summed E-state index contributed by atoms with van der Waals surface area (Å²) >= 11 is 1.10. The molecule has 1 aliphatic rings. The van der Waals surface area contributed by atoms with Gasteiger partial charge in [-0.3, -0.25) is 9.59 Å². The molecule has 0 spiro atoms. The van der Waals surface area contributed by atoms with Crippen molar-refractivity contribution >= 4 is 23.2 Å². The predicted octanol–water partition coefficient (Wildman–Crippen LogP) is 0.852. The van der Waals surface area contributed by atoms with Gasteiger partial charge in [-0.15, -0.1) is 11.3 Å². The van der Waals surface area contributed by atoms with Crippen molar-refractivity contribution in [3.63, 3.8) is 0 Å². The molecule has 0 aliphatic carbocycles. The van der Waals surface area contributed by atoms with Crippen LogP contribution in [0.2, 0.25) is 0 Å². The van der Waals surface area contributed by atoms with E-state index < -0.39 is 5.91 Å². The summed E-state index contributed by atoms with van der Waals surface area (Å²) in [5.74, 6) is -1.28. The second kappa shape index (κ2) is 5.30. The zero-order valence-electron chi connectivity index (χ0n) is 11.4. The van der Waals surface area contributed by atoms with Crippen molar-refractivity contribution in [2.75, 3.05) is 6.54 Å². The third kappa shape index (κ3) is 2.37. The Balaban J connectivity index is 1.87. The SMILES string of the molecule is NC(=O)c1sc2c(c1O)CCN(C(=O)c1cccc(O)n1)C2. The van der Waals surface area contributed by atoms with E-state index >= 15 is 0 Å². The predicted molar refractivity (Wildman–Crippen MR) is 78.8 cm³/mol. The van der Waals surface area contributed by atoms with Crippen LogP contribution in [0.3, 0.4) is 0 Å². The van der Waals surface area contributed by atoms with Gasteiger partial charge < -0.3 is 20.8 Å². The Kier molecular flexibility index (Phi) is 3.45. The van der Waals surface area contributed by atoms with Crippen LogP contribution < -0.4 is 5.73 Å². The first-order chi connectivity index (χ1) is 10.5. The number of hydrogen-bond acceptors (Lipinski definition) is 6. The molecule has 0 aromatic carbocycles. The Morgan fingerprint density at radius 3 is 2.77 bits per heavy atom. The fourth-order valence-electron chi connectivity index (χ4n) is 2.43. The van der Waals surface area contributed by atoms with Gasteiger partial charge in [-0.2, -0.15) is 0 Å². The summed E-state index contributed by atoms with van der Waals surface area (Å²) in [5, 5.41) is 19.3. The van der Waals surface area contributed by atoms with Gasteiger partial charge in [0.15, 0.2) is 0 Å². The van der Waals surface area contributed by atoms with E-state index in [1.807, 2.05) is 0 Å². The summed E-state index contributed by atoms with van der Waals surface area (Å²) in [6, 6.07) is 4.47. The van der Waals surface area contributed by atoms with Crippen LogP contribution in [0.25, 0.3) is 0 Å². The Morgan fingerprint density at radius 2 is 2.09 bits per heavy atom. The van der Waals surface area contributed by atoms with Crippen LogP contribution in [0.5, 0.6) is 11.6 Å². The number of primary amides is 1. The van der Waals surface area contributed by atoms with Crippen molar-refractivity contribution in [2.45, 2.75) is 13.0 Å². The summed E-state index contributed by atoms with van der Waals surface area (Å²) < 4.78 is 0. The maximum Gasteiger partial charge on any atom is 0.272 e. The lowest BCUT2D eigenvalue weighted by atomic mass is 10.1. The fraction of sp³-hybridized carbons (Fsp3) is 0.214. The molecular formula is C14H13N3O4S. The molecule has 4 N–H and O–H groups in total. The molecule has 2 amide bonds. The Bertz CT molecular complexity index is 771. The van der Waals surface area contributed by atoms with Crippen LogP contribution in [0.15, 0.2) is 18.2 Å². The molecule has 2 aromatic heterocycles. The first-order valence-electron chi connectivity index (χ1n) is 6.56. The molecule has 22 heavy (non-hydrogen) atoms. The van der Waals surface area contributed by atoms with E-state index in [9.17, 15) is 19.8 Å². The highest BCUT2D eigenvalue weighted by Gasteiger charge is 2.29. The highest BCUT2D eigenvalue weighted by Crippen LogP contribution is 2.38. The normalized spacial score (nSPS) is 13.7. The number of carbonyl (C=O) groups excluding carboxylic acids is 2. The molecule has 3 rings (SSSR count). The minimum absolute atomic E-state index is 0.0740. The van der Waals surface area contributed by atoms with Gasteiger partial charge in [0.1, 0.15) is 16.3 Å². The molecule has 0 saturated heterocycles. The van der Waals surface area contributed by atoms with E-state index in [2.05, 4.69) is 4.98 Å². The summed E-state index contributed by atoms with van der Waals surface area (Å²) in [4.78, 5) is 29.9. The van der Waals surface area contributed by atoms with Crippen LogP contribution in [0, 0.1) is 0 Å². The first-order valence-corrected chi connectivity index (χ1v) is 7.37. The molecule has 8 heteroatoms. The molecule has 114 valence electrons. The quantitative estimate of drug-likeness (QED) is 0.759. The number of fused-ring (bicyclic) bond motifs is 1. The summed E-state index contributed by atoms with van der Waals surface area (Å²) in [6.45, 7) is 0.669. The lowest BCUT2D eigenvalue weighted by Crippen LogP contribution is -2.35. The maximum atomic E-state index is 12.4. The van der Waals surface area contributed by atoms with Gasteiger partial charge in [-0.05, 0) is 12.5 Å². The largest absolute Gasteiger partial charge is 0.506 e. The van der Waals surface area contributed by atoms with Crippen molar-refractivity contribution in [3.8, 4) is 11.6 Å². The maximum absolute atomic E-state index is 12.4. The van der Waals surface area contributed by atoms with Crippen molar-refractivity contribution in [2.24, 2.45) is 5.73 Å². The lowest BCUT2D eigenvalue weighted by molar-refractivity contribution is 0.0729. The number of hydrogen-bond donors (Lipinski definition) is 3. The van der Waals surface area contributed by atoms with Crippen LogP contribution in [-0.4, -0.2) is 38.5 Å². The summed E-state index contributed by atoms with van der Waals surface area (Å²) in [7, 11) is 0. The van der Waals surface area contributed by atoms with Crippen molar-refractivity contribution in [1.29, 1.82) is 0 Å². The molecule has 0 unspecified atom stereocenters. The number of nitrogens with two attached hydrogens (primary N) is 1. The zero-order chi connectivity index (χ0) is 15.9. The van der Waals surface area contributed by atoms with Crippen molar-refractivity contribution in [3.05, 3.63) is 39.2 Å². The second-order valence-corrected chi connectivity index (χ2v) is 6.01. The van der Waals surface area contributed by atoms with E-state index in [1.165, 1.54) is 12.1 Å². The third-order valence-electron chi connectivity index (χ3n) is 3.49. The van der Waals surface area contributed by atoms with E-state index in [-0.39, 0.29) is 34.7 Å². The highest BCUT2D eigenvalue weighted by atomic mass is 32.1. The standard InChI is InChI=1S/C14H13N3O4S/c15-13(20)12-11(19)7-4-5-17(6-9(7)22-12)14(21)8-2-1-3-10(18)16-8/h1-3,19H,4-6H2,(H2,15,20)(H,16,18). The minimum atomic E-state index is -0.676. The number of pyridine rings is 1. The van der Waals surface area contributed by atoms with E-state index in [0.29, 0.717) is 18.5 Å². The van der Waals surface area contributed by atoms with Gasteiger partial charge in [0.05, 0.1) is 6.54 Å². The van der Waals surface area contributed by atoms with Gasteiger partial charge in [0.25, 0.3) is 11.8 Å². The van der Waals surface area contributed by atoms with E-state index in [1.54, 1.807) is 11.0 Å². The molecule has 0 bridgehead atoms. The molecule has 0 saturated carbocycles. The molecule has 1 aliphatic heterocycles. The summed E-state index contributed by atoms with van der Waals surface area (Å²) in [5.41, 5.74) is 6.05. The molecule has 2 aromatic rings. The molecule has 3 heterocycles. The van der Waals surface area contributed by atoms with E-state index in [4.69, 9.17) is 5.73 Å². The fourth-order valence-corrected chi connectivity index (χ4v) is 3.54. The van der Waals surface area contributed by atoms with Crippen LogP contribution in [0.1, 0.15) is 30.6 Å². The number of carbonyl (C=O) groups is 2. The number of aromatic hydroxyl groups is 2. The third-order valence-corrected chi connectivity index (χ3v) is 4.71. The number of aromatic nitrogens is 1. The lowest BCUT2D eigenvalue weighted by Gasteiger charge is -2.26. The highest BCUT2D eigenvalue weighted by molar-refractivity contribution is 7.14. The smallest absolute Gasteiger partial charge is 0.272 e. The van der Waals surface area contributed by atoms with Crippen LogP contribution >= 0.6 is 11.3 Å². The summed E-state index contributed by atoms with van der Waals surface area (Å²) in [6.07, 6.45) is 0.440. The minimum Gasteiger partial charge on any atom is -0.506 e. The molecule has 0 fully saturated rings. The van der Waals surface area contributed by atoms with Gasteiger partial charge in [0, 0.05) is 23.1 Å². The molecular weight excluding hydrogens is 306 g/mol. The Hall–Kier alpha value is -2.61. The van der Waals surface area contributed by atoms with Crippen molar-refractivity contribution < 1.29 is 19.8 Å².